The number of aliphatic hydroxyl groups is 1. The molecule has 1 aromatic carbocycles. The number of nitrogens with zero attached hydrogens (tertiary/aromatic N) is 2. The molecule has 5 nitrogen and oxygen atoms in total. The van der Waals surface area contributed by atoms with E-state index >= 15 is 0 Å². The summed E-state index contributed by atoms with van der Waals surface area (Å²) in [6.45, 7) is 5.51. The third-order valence-corrected chi connectivity index (χ3v) is 4.04. The van der Waals surface area contributed by atoms with Gasteiger partial charge in [0.05, 0.1) is 17.7 Å². The molecule has 1 aliphatic heterocycles. The minimum absolute atomic E-state index is 0. The minimum Gasteiger partial charge on any atom is -0.492 e. The van der Waals surface area contributed by atoms with Crippen molar-refractivity contribution in [1.29, 1.82) is 0 Å². The quantitative estimate of drug-likeness (QED) is 0.279. The van der Waals surface area contributed by atoms with Gasteiger partial charge in [-0.3, -0.25) is 4.99 Å². The smallest absolute Gasteiger partial charge is 0.194 e. The second-order valence-corrected chi connectivity index (χ2v) is 6.24. The number of aliphatic imine (C=N–C) groups is 1. The van der Waals surface area contributed by atoms with Crippen LogP contribution in [0.3, 0.4) is 0 Å². The lowest BCUT2D eigenvalue weighted by atomic mass is 10.3. The number of halogens is 3. The van der Waals surface area contributed by atoms with Crippen LogP contribution < -0.4 is 10.1 Å². The van der Waals surface area contributed by atoms with Crippen LogP contribution in [0.4, 0.5) is 0 Å². The third kappa shape index (κ3) is 6.82. The van der Waals surface area contributed by atoms with E-state index in [2.05, 4.69) is 15.2 Å². The molecule has 0 spiro atoms. The minimum atomic E-state index is -0.255. The highest BCUT2D eigenvalue weighted by atomic mass is 127. The lowest BCUT2D eigenvalue weighted by molar-refractivity contribution is 0.187. The van der Waals surface area contributed by atoms with Gasteiger partial charge in [0.25, 0.3) is 0 Å². The van der Waals surface area contributed by atoms with Crippen molar-refractivity contribution >= 4 is 53.1 Å². The van der Waals surface area contributed by atoms with Gasteiger partial charge in [-0.15, -0.1) is 24.0 Å². The number of rotatable bonds is 6. The van der Waals surface area contributed by atoms with Gasteiger partial charge in [0.1, 0.15) is 5.75 Å². The second-order valence-electron chi connectivity index (χ2n) is 5.40. The molecule has 0 bridgehead atoms. The Morgan fingerprint density at radius 2 is 2.25 bits per heavy atom. The van der Waals surface area contributed by atoms with Crippen LogP contribution in [0.1, 0.15) is 19.8 Å². The summed E-state index contributed by atoms with van der Waals surface area (Å²) in [6.07, 6.45) is 1.32. The zero-order chi connectivity index (χ0) is 16.7. The van der Waals surface area contributed by atoms with E-state index in [1.807, 2.05) is 6.92 Å². The summed E-state index contributed by atoms with van der Waals surface area (Å²) in [6, 6.07) is 5.19. The van der Waals surface area contributed by atoms with E-state index in [0.717, 1.165) is 31.9 Å². The predicted octanol–water partition coefficient (Wildman–Crippen LogP) is 3.41. The van der Waals surface area contributed by atoms with E-state index in [9.17, 15) is 5.11 Å². The van der Waals surface area contributed by atoms with E-state index < -0.39 is 0 Å². The van der Waals surface area contributed by atoms with Gasteiger partial charge >= 0.3 is 0 Å². The van der Waals surface area contributed by atoms with Crippen LogP contribution in [-0.2, 0) is 0 Å². The van der Waals surface area contributed by atoms with E-state index in [0.29, 0.717) is 35.5 Å². The molecule has 1 atom stereocenters. The molecule has 0 aliphatic carbocycles. The number of hydrogen-bond acceptors (Lipinski definition) is 3. The maximum absolute atomic E-state index is 9.63. The summed E-state index contributed by atoms with van der Waals surface area (Å²) in [4.78, 5) is 6.67. The van der Waals surface area contributed by atoms with Crippen molar-refractivity contribution < 1.29 is 9.84 Å². The molecule has 0 unspecified atom stereocenters. The van der Waals surface area contributed by atoms with Crippen LogP contribution in [0, 0.1) is 0 Å². The van der Waals surface area contributed by atoms with Crippen molar-refractivity contribution in [2.24, 2.45) is 4.99 Å². The summed E-state index contributed by atoms with van der Waals surface area (Å²) < 4.78 is 5.64. The van der Waals surface area contributed by atoms with E-state index in [1.165, 1.54) is 0 Å². The topological polar surface area (TPSA) is 57.1 Å². The molecule has 136 valence electrons. The molecule has 24 heavy (non-hydrogen) atoms. The Balaban J connectivity index is 0.00000288. The third-order valence-electron chi connectivity index (χ3n) is 3.51. The van der Waals surface area contributed by atoms with Crippen molar-refractivity contribution in [2.45, 2.75) is 25.9 Å². The number of hydrogen-bond donors (Lipinski definition) is 2. The Morgan fingerprint density at radius 1 is 1.46 bits per heavy atom. The van der Waals surface area contributed by atoms with Crippen molar-refractivity contribution in [3.8, 4) is 5.75 Å². The average molecular weight is 488 g/mol. The summed E-state index contributed by atoms with van der Waals surface area (Å²) in [7, 11) is 0. The van der Waals surface area contributed by atoms with E-state index in [-0.39, 0.29) is 30.1 Å². The highest BCUT2D eigenvalue weighted by molar-refractivity contribution is 14.0. The molecule has 2 rings (SSSR count). The van der Waals surface area contributed by atoms with Gasteiger partial charge in [0, 0.05) is 37.6 Å². The largest absolute Gasteiger partial charge is 0.492 e. The number of likely N-dealkylation sites (tertiary alicyclic amines) is 1. The lowest BCUT2D eigenvalue weighted by Gasteiger charge is -2.20. The maximum atomic E-state index is 9.63. The van der Waals surface area contributed by atoms with Crippen LogP contribution in [-0.4, -0.2) is 54.9 Å². The van der Waals surface area contributed by atoms with Crippen LogP contribution in [0.25, 0.3) is 0 Å². The van der Waals surface area contributed by atoms with Gasteiger partial charge in [-0.2, -0.15) is 0 Å². The molecule has 8 heteroatoms. The van der Waals surface area contributed by atoms with E-state index in [4.69, 9.17) is 27.9 Å². The monoisotopic (exact) mass is 487 g/mol. The number of benzene rings is 1. The van der Waals surface area contributed by atoms with Crippen LogP contribution in [0.15, 0.2) is 23.2 Å². The van der Waals surface area contributed by atoms with Gasteiger partial charge in [0.2, 0.25) is 0 Å². The van der Waals surface area contributed by atoms with Crippen molar-refractivity contribution in [3.63, 3.8) is 0 Å². The van der Waals surface area contributed by atoms with Crippen molar-refractivity contribution in [1.82, 2.24) is 10.2 Å². The predicted molar refractivity (Wildman–Crippen MR) is 110 cm³/mol. The standard InChI is InChI=1S/C16H23Cl2N3O2.HI/c1-2-19-16(21-8-6-13(22)11-21)20-7-3-9-23-15-5-4-12(17)10-14(15)18;/h4-5,10,13,22H,2-3,6-9,11H2,1H3,(H,19,20);1H/t13-;/m1./s1. The Bertz CT molecular complexity index is 546. The molecule has 2 N–H and O–H groups in total. The molecule has 1 fully saturated rings. The van der Waals surface area contributed by atoms with Gasteiger partial charge in [-0.25, -0.2) is 0 Å². The Labute approximate surface area is 170 Å². The molecule has 1 aliphatic rings. The zero-order valence-corrected chi connectivity index (χ0v) is 17.5. The molecule has 1 saturated heterocycles. The first-order valence-electron chi connectivity index (χ1n) is 7.89. The van der Waals surface area contributed by atoms with Gasteiger partial charge in [-0.05, 0) is 31.5 Å². The average Bonchev–Trinajstić information content (AvgIpc) is 2.94. The first-order chi connectivity index (χ1) is 11.1. The van der Waals surface area contributed by atoms with E-state index in [1.54, 1.807) is 18.2 Å². The van der Waals surface area contributed by atoms with Crippen molar-refractivity contribution in [3.05, 3.63) is 28.2 Å². The summed E-state index contributed by atoms with van der Waals surface area (Å²) in [5, 5.41) is 14.0. The fourth-order valence-corrected chi connectivity index (χ4v) is 2.85. The number of aliphatic hydroxyl groups excluding tert-OH is 1. The molecule has 0 aromatic heterocycles. The van der Waals surface area contributed by atoms with Gasteiger partial charge in [-0.1, -0.05) is 23.2 Å². The van der Waals surface area contributed by atoms with Crippen LogP contribution in [0.5, 0.6) is 5.75 Å². The Kier molecular flexibility index (Phi) is 10.1. The van der Waals surface area contributed by atoms with Crippen molar-refractivity contribution in [2.75, 3.05) is 32.8 Å². The molecular weight excluding hydrogens is 464 g/mol. The van der Waals surface area contributed by atoms with Gasteiger partial charge in [0.15, 0.2) is 5.96 Å². The number of β-amino-alcohol motifs (C(OH)–C–C–N with tert-alkyl or cyclic N) is 1. The molecule has 1 heterocycles. The molecule has 0 radical (unpaired) electrons. The molecule has 1 aromatic rings. The summed E-state index contributed by atoms with van der Waals surface area (Å²) in [5.74, 6) is 1.49. The normalized spacial score (nSPS) is 17.6. The molecular formula is C16H24Cl2IN3O2. The molecule has 0 amide bonds. The SMILES string of the molecule is CCNC(=NCCCOc1ccc(Cl)cc1Cl)N1CC[C@@H](O)C1.I. The first kappa shape index (κ1) is 21.6. The highest BCUT2D eigenvalue weighted by Gasteiger charge is 2.22. The second kappa shape index (κ2) is 11.2. The summed E-state index contributed by atoms with van der Waals surface area (Å²) in [5.41, 5.74) is 0. The lowest BCUT2D eigenvalue weighted by Crippen LogP contribution is -2.40. The Morgan fingerprint density at radius 3 is 2.88 bits per heavy atom. The zero-order valence-electron chi connectivity index (χ0n) is 13.7. The molecule has 0 saturated carbocycles. The van der Waals surface area contributed by atoms with Crippen LogP contribution in [0.2, 0.25) is 10.0 Å². The Hall–Kier alpha value is -0.440. The summed E-state index contributed by atoms with van der Waals surface area (Å²) >= 11 is 11.9. The highest BCUT2D eigenvalue weighted by Crippen LogP contribution is 2.27. The number of guanidine groups is 1. The maximum Gasteiger partial charge on any atom is 0.194 e. The van der Waals surface area contributed by atoms with Crippen LogP contribution >= 0.6 is 47.2 Å². The fourth-order valence-electron chi connectivity index (χ4n) is 2.38. The number of nitrogens with one attached hydrogen (secondary N) is 1. The van der Waals surface area contributed by atoms with Gasteiger partial charge < -0.3 is 20.1 Å². The number of ether oxygens (including phenoxy) is 1. The first-order valence-corrected chi connectivity index (χ1v) is 8.65. The fraction of sp³-hybridized carbons (Fsp3) is 0.562.